The van der Waals surface area contributed by atoms with E-state index in [9.17, 15) is 10.4 Å². The average molecular weight is 434 g/mol. The van der Waals surface area contributed by atoms with E-state index >= 15 is 0 Å². The van der Waals surface area contributed by atoms with E-state index in [-0.39, 0.29) is 11.8 Å². The maximum atomic E-state index is 9.75. The van der Waals surface area contributed by atoms with Gasteiger partial charge in [-0.1, -0.05) is 24.4 Å². The molecule has 2 saturated heterocycles. The highest BCUT2D eigenvalue weighted by Crippen LogP contribution is 2.44. The van der Waals surface area contributed by atoms with Crippen molar-refractivity contribution in [2.75, 3.05) is 11.9 Å². The first-order chi connectivity index (χ1) is 14.4. The number of hydrogen-bond donors (Lipinski definition) is 2. The lowest BCUT2D eigenvalue weighted by molar-refractivity contribution is -0.201. The maximum Gasteiger partial charge on any atom is 0.181 e. The summed E-state index contributed by atoms with van der Waals surface area (Å²) in [6, 6.07) is 2.46. The molecule has 3 aliphatic rings. The fourth-order valence-electron chi connectivity index (χ4n) is 4.75. The molecule has 2 aromatic heterocycles. The van der Waals surface area contributed by atoms with Crippen LogP contribution in [0.25, 0.3) is 11.0 Å². The molecule has 4 heterocycles. The van der Waals surface area contributed by atoms with E-state index in [4.69, 9.17) is 25.8 Å². The molecular formula is C20H24ClN5O4. The molecule has 0 unspecified atom stereocenters. The van der Waals surface area contributed by atoms with Gasteiger partial charge in [-0.05, 0) is 26.7 Å². The Morgan fingerprint density at radius 3 is 2.77 bits per heavy atom. The lowest BCUT2D eigenvalue weighted by Crippen LogP contribution is -2.31. The molecule has 5 rings (SSSR count). The SMILES string of the molecule is CC1(C)O[C@@H]2[C@H](O1)[C@@H](CO)O[C@H]2n1ncc2c(NC3CCCC3)c(C#N)c(Cl)nc21. The number of aliphatic hydroxyl groups is 1. The third kappa shape index (κ3) is 3.15. The summed E-state index contributed by atoms with van der Waals surface area (Å²) in [5.41, 5.74) is 1.47. The number of pyridine rings is 1. The fourth-order valence-corrected chi connectivity index (χ4v) is 4.96. The molecule has 0 bridgehead atoms. The smallest absolute Gasteiger partial charge is 0.181 e. The molecule has 0 aromatic carbocycles. The molecule has 4 atom stereocenters. The first-order valence-corrected chi connectivity index (χ1v) is 10.6. The quantitative estimate of drug-likeness (QED) is 0.707. The summed E-state index contributed by atoms with van der Waals surface area (Å²) in [6.07, 6.45) is 4.05. The minimum Gasteiger partial charge on any atom is -0.394 e. The van der Waals surface area contributed by atoms with Gasteiger partial charge in [0.2, 0.25) is 0 Å². The van der Waals surface area contributed by atoms with Crippen molar-refractivity contribution in [2.45, 2.75) is 75.9 Å². The minimum atomic E-state index is -0.790. The molecule has 0 amide bonds. The van der Waals surface area contributed by atoms with Crippen molar-refractivity contribution >= 4 is 28.3 Å². The zero-order valence-electron chi connectivity index (χ0n) is 16.8. The summed E-state index contributed by atoms with van der Waals surface area (Å²) in [4.78, 5) is 4.45. The summed E-state index contributed by atoms with van der Waals surface area (Å²) in [5.74, 6) is -0.790. The van der Waals surface area contributed by atoms with Crippen LogP contribution in [0.1, 0.15) is 51.3 Å². The topological polar surface area (TPSA) is 114 Å². The molecule has 160 valence electrons. The first kappa shape index (κ1) is 20.0. The predicted molar refractivity (Wildman–Crippen MR) is 108 cm³/mol. The fraction of sp³-hybridized carbons (Fsp3) is 0.650. The van der Waals surface area contributed by atoms with Crippen molar-refractivity contribution < 1.29 is 19.3 Å². The third-order valence-electron chi connectivity index (χ3n) is 6.06. The highest BCUT2D eigenvalue weighted by Gasteiger charge is 2.56. The zero-order valence-corrected chi connectivity index (χ0v) is 17.6. The predicted octanol–water partition coefficient (Wildman–Crippen LogP) is 2.72. The van der Waals surface area contributed by atoms with E-state index in [1.807, 2.05) is 13.8 Å². The molecule has 2 aromatic rings. The monoisotopic (exact) mass is 433 g/mol. The van der Waals surface area contributed by atoms with Crippen LogP contribution in [-0.2, 0) is 14.2 Å². The second-order valence-corrected chi connectivity index (χ2v) is 8.89. The summed E-state index contributed by atoms with van der Waals surface area (Å²) >= 11 is 6.39. The van der Waals surface area contributed by atoms with Gasteiger partial charge in [0.1, 0.15) is 29.9 Å². The third-order valence-corrected chi connectivity index (χ3v) is 6.33. The van der Waals surface area contributed by atoms with Crippen molar-refractivity contribution in [1.29, 1.82) is 5.26 Å². The summed E-state index contributed by atoms with van der Waals surface area (Å²) in [5, 5.41) is 28.2. The van der Waals surface area contributed by atoms with E-state index < -0.39 is 30.3 Å². The number of aliphatic hydroxyl groups excluding tert-OH is 1. The molecule has 1 saturated carbocycles. The Labute approximate surface area is 178 Å². The molecule has 9 nitrogen and oxygen atoms in total. The number of aromatic nitrogens is 3. The number of nitrogens with one attached hydrogen (secondary N) is 1. The van der Waals surface area contributed by atoms with Crippen LogP contribution in [0.15, 0.2) is 6.20 Å². The lowest BCUT2D eigenvalue weighted by Gasteiger charge is -2.24. The number of rotatable bonds is 4. The number of nitrogens with zero attached hydrogens (tertiary/aromatic N) is 4. The van der Waals surface area contributed by atoms with Gasteiger partial charge in [0.25, 0.3) is 0 Å². The number of halogens is 1. The molecule has 0 spiro atoms. The maximum absolute atomic E-state index is 9.75. The van der Waals surface area contributed by atoms with Crippen LogP contribution in [0.2, 0.25) is 5.15 Å². The molecular weight excluding hydrogens is 410 g/mol. The first-order valence-electron chi connectivity index (χ1n) is 10.3. The van der Waals surface area contributed by atoms with Gasteiger partial charge in [-0.25, -0.2) is 9.67 Å². The summed E-state index contributed by atoms with van der Waals surface area (Å²) in [7, 11) is 0. The highest BCUT2D eigenvalue weighted by molar-refractivity contribution is 6.31. The van der Waals surface area contributed by atoms with E-state index in [0.717, 1.165) is 25.7 Å². The molecule has 2 N–H and O–H groups in total. The Morgan fingerprint density at radius 2 is 2.07 bits per heavy atom. The van der Waals surface area contributed by atoms with E-state index in [1.54, 1.807) is 10.9 Å². The minimum absolute atomic E-state index is 0.115. The standard InChI is InChI=1S/C20H24ClN5O4/c1-20(2)29-15-13(9-27)28-19(16(15)30-20)26-18-12(8-23-26)14(11(7-22)17(21)25-18)24-10-5-3-4-6-10/h8,10,13,15-16,19,27H,3-6,9H2,1-2H3,(H,24,25)/t13-,15-,16-,19-/m1/s1. The van der Waals surface area contributed by atoms with Crippen LogP contribution >= 0.6 is 11.6 Å². The number of fused-ring (bicyclic) bond motifs is 2. The van der Waals surface area contributed by atoms with Gasteiger partial charge in [-0.2, -0.15) is 10.4 Å². The van der Waals surface area contributed by atoms with Gasteiger partial charge in [0.15, 0.2) is 22.8 Å². The Bertz CT molecular complexity index is 1010. The molecule has 30 heavy (non-hydrogen) atoms. The van der Waals surface area contributed by atoms with E-state index in [2.05, 4.69) is 21.5 Å². The van der Waals surface area contributed by atoms with Gasteiger partial charge in [-0.3, -0.25) is 0 Å². The Balaban J connectivity index is 1.58. The van der Waals surface area contributed by atoms with Crippen molar-refractivity contribution in [3.8, 4) is 6.07 Å². The van der Waals surface area contributed by atoms with E-state index in [1.165, 1.54) is 0 Å². The second-order valence-electron chi connectivity index (χ2n) is 8.53. The van der Waals surface area contributed by atoms with Crippen LogP contribution in [0.3, 0.4) is 0 Å². The van der Waals surface area contributed by atoms with Crippen molar-refractivity contribution in [1.82, 2.24) is 14.8 Å². The van der Waals surface area contributed by atoms with Gasteiger partial charge in [0, 0.05) is 6.04 Å². The van der Waals surface area contributed by atoms with Crippen molar-refractivity contribution in [2.24, 2.45) is 0 Å². The average Bonchev–Trinajstić information content (AvgIpc) is 3.45. The van der Waals surface area contributed by atoms with Gasteiger partial charge >= 0.3 is 0 Å². The zero-order chi connectivity index (χ0) is 21.0. The molecule has 0 radical (unpaired) electrons. The molecule has 3 fully saturated rings. The normalized spacial score (nSPS) is 30.6. The van der Waals surface area contributed by atoms with Crippen LogP contribution in [0.5, 0.6) is 0 Å². The highest BCUT2D eigenvalue weighted by atomic mass is 35.5. The van der Waals surface area contributed by atoms with Gasteiger partial charge < -0.3 is 24.6 Å². The van der Waals surface area contributed by atoms with E-state index in [0.29, 0.717) is 28.3 Å². The lowest BCUT2D eigenvalue weighted by atomic mass is 10.1. The largest absolute Gasteiger partial charge is 0.394 e. The molecule has 10 heteroatoms. The Hall–Kier alpha value is -1.96. The molecule has 1 aliphatic carbocycles. The summed E-state index contributed by atoms with van der Waals surface area (Å²) in [6.45, 7) is 3.46. The van der Waals surface area contributed by atoms with Crippen LogP contribution in [0, 0.1) is 11.3 Å². The second kappa shape index (κ2) is 7.32. The van der Waals surface area contributed by atoms with Crippen LogP contribution < -0.4 is 5.32 Å². The van der Waals surface area contributed by atoms with Crippen molar-refractivity contribution in [3.63, 3.8) is 0 Å². The number of ether oxygens (including phenoxy) is 3. The van der Waals surface area contributed by atoms with Gasteiger partial charge in [-0.15, -0.1) is 0 Å². The number of anilines is 1. The number of nitriles is 1. The summed E-state index contributed by atoms with van der Waals surface area (Å²) < 4.78 is 19.6. The van der Waals surface area contributed by atoms with Gasteiger partial charge in [0.05, 0.1) is 23.9 Å². The van der Waals surface area contributed by atoms with Crippen LogP contribution in [0.4, 0.5) is 5.69 Å². The Kier molecular flexibility index (Phi) is 4.87. The van der Waals surface area contributed by atoms with Crippen molar-refractivity contribution in [3.05, 3.63) is 16.9 Å². The molecule has 2 aliphatic heterocycles. The Morgan fingerprint density at radius 1 is 1.33 bits per heavy atom. The number of hydrogen-bond acceptors (Lipinski definition) is 8. The van der Waals surface area contributed by atoms with Crippen LogP contribution in [-0.4, -0.2) is 56.6 Å².